The van der Waals surface area contributed by atoms with Crippen LogP contribution in [0.15, 0.2) is 34.2 Å². The van der Waals surface area contributed by atoms with E-state index in [0.717, 1.165) is 11.6 Å². The number of halogens is 3. The van der Waals surface area contributed by atoms with Gasteiger partial charge in [-0.2, -0.15) is 13.2 Å². The molecule has 0 saturated carbocycles. The first-order valence-electron chi connectivity index (χ1n) is 6.64. The molecule has 122 valence electrons. The maximum atomic E-state index is 13.3. The average Bonchev–Trinajstić information content (AvgIpc) is 2.39. The number of anilines is 1. The van der Waals surface area contributed by atoms with E-state index in [1.54, 1.807) is 4.90 Å². The van der Waals surface area contributed by atoms with Crippen LogP contribution in [-0.4, -0.2) is 21.5 Å². The third-order valence-electron chi connectivity index (χ3n) is 3.86. The van der Waals surface area contributed by atoms with Crippen molar-refractivity contribution in [2.45, 2.75) is 31.3 Å². The Morgan fingerprint density at radius 3 is 2.32 bits per heavy atom. The second kappa shape index (κ2) is 5.58. The predicted molar refractivity (Wildman–Crippen MR) is 78.0 cm³/mol. The molecule has 1 heterocycles. The number of primary sulfonamides is 1. The lowest BCUT2D eigenvalue weighted by Crippen LogP contribution is -2.32. The number of benzene rings is 1. The number of alkyl halides is 3. The van der Waals surface area contributed by atoms with Crippen molar-refractivity contribution in [1.82, 2.24) is 0 Å². The molecule has 0 aliphatic carbocycles. The van der Waals surface area contributed by atoms with E-state index < -0.39 is 26.7 Å². The molecule has 2 rings (SSSR count). The lowest BCUT2D eigenvalue weighted by atomic mass is 10.0. The summed E-state index contributed by atoms with van der Waals surface area (Å²) < 4.78 is 62.4. The Balaban J connectivity index is 2.53. The van der Waals surface area contributed by atoms with Gasteiger partial charge in [-0.3, -0.25) is 0 Å². The number of hydrogen-bond acceptors (Lipinski definition) is 3. The number of nitrogens with two attached hydrogens (primary N) is 1. The summed E-state index contributed by atoms with van der Waals surface area (Å²) in [4.78, 5) is 1.07. The summed E-state index contributed by atoms with van der Waals surface area (Å²) in [6, 6.07) is 2.89. The maximum Gasteiger partial charge on any atom is 0.418 e. The van der Waals surface area contributed by atoms with Crippen LogP contribution < -0.4 is 10.0 Å². The molecular formula is C14H17F3N2O2S. The lowest BCUT2D eigenvalue weighted by Gasteiger charge is -2.32. The smallest absolute Gasteiger partial charge is 0.367 e. The number of sulfonamides is 1. The molecule has 8 heteroatoms. The minimum atomic E-state index is -4.65. The van der Waals surface area contributed by atoms with Crippen LogP contribution >= 0.6 is 0 Å². The molecule has 0 amide bonds. The normalized spacial score (nSPS) is 17.1. The van der Waals surface area contributed by atoms with Crippen molar-refractivity contribution in [2.75, 3.05) is 18.0 Å². The highest BCUT2D eigenvalue weighted by molar-refractivity contribution is 7.89. The van der Waals surface area contributed by atoms with Crippen LogP contribution in [0.25, 0.3) is 0 Å². The molecule has 0 radical (unpaired) electrons. The van der Waals surface area contributed by atoms with E-state index in [4.69, 9.17) is 5.14 Å². The largest absolute Gasteiger partial charge is 0.418 e. The summed E-state index contributed by atoms with van der Waals surface area (Å²) in [6.07, 6.45) is -3.97. The molecule has 22 heavy (non-hydrogen) atoms. The van der Waals surface area contributed by atoms with Crippen LogP contribution in [0.5, 0.6) is 0 Å². The van der Waals surface area contributed by atoms with Crippen LogP contribution in [0, 0.1) is 0 Å². The standard InChI is InChI=1S/C14H17F3N2O2S/c1-9-5-6-19(8-10(9)2)13-4-3-11(22(18,20)21)7-12(13)14(15,16)17/h3-4,7H,5-6,8H2,1-2H3,(H2,18,20,21). The number of hydrogen-bond donors (Lipinski definition) is 1. The molecule has 0 fully saturated rings. The van der Waals surface area contributed by atoms with E-state index in [1.165, 1.54) is 11.6 Å². The first kappa shape index (κ1) is 16.8. The second-order valence-corrected chi connectivity index (χ2v) is 7.02. The first-order valence-corrected chi connectivity index (χ1v) is 8.19. The summed E-state index contributed by atoms with van der Waals surface area (Å²) in [5.74, 6) is 0. The van der Waals surface area contributed by atoms with Gasteiger partial charge in [-0.25, -0.2) is 13.6 Å². The number of rotatable bonds is 2. The summed E-state index contributed by atoms with van der Waals surface area (Å²) in [5, 5.41) is 4.92. The van der Waals surface area contributed by atoms with E-state index in [9.17, 15) is 21.6 Å². The van der Waals surface area contributed by atoms with Gasteiger partial charge in [0.1, 0.15) is 0 Å². The van der Waals surface area contributed by atoms with Gasteiger partial charge in [-0.1, -0.05) is 11.1 Å². The molecule has 0 aromatic heterocycles. The molecule has 0 unspecified atom stereocenters. The highest BCUT2D eigenvalue weighted by Gasteiger charge is 2.36. The van der Waals surface area contributed by atoms with E-state index in [0.29, 0.717) is 25.6 Å². The first-order chi connectivity index (χ1) is 10.00. The van der Waals surface area contributed by atoms with E-state index in [-0.39, 0.29) is 5.69 Å². The van der Waals surface area contributed by atoms with E-state index in [2.05, 4.69) is 0 Å². The average molecular weight is 334 g/mol. The molecule has 0 atom stereocenters. The molecule has 0 bridgehead atoms. The van der Waals surface area contributed by atoms with Crippen LogP contribution in [-0.2, 0) is 16.2 Å². The molecule has 1 aliphatic rings. The van der Waals surface area contributed by atoms with Crippen molar-refractivity contribution in [3.05, 3.63) is 34.9 Å². The Morgan fingerprint density at radius 2 is 1.82 bits per heavy atom. The van der Waals surface area contributed by atoms with Crippen LogP contribution in [0.3, 0.4) is 0 Å². The number of nitrogens with zero attached hydrogens (tertiary/aromatic N) is 1. The van der Waals surface area contributed by atoms with Crippen molar-refractivity contribution in [2.24, 2.45) is 5.14 Å². The zero-order chi connectivity index (χ0) is 16.7. The molecule has 1 aromatic carbocycles. The van der Waals surface area contributed by atoms with Crippen LogP contribution in [0.2, 0.25) is 0 Å². The van der Waals surface area contributed by atoms with Crippen LogP contribution in [0.4, 0.5) is 18.9 Å². The van der Waals surface area contributed by atoms with Gasteiger partial charge in [-0.15, -0.1) is 0 Å². The van der Waals surface area contributed by atoms with Crippen molar-refractivity contribution in [3.63, 3.8) is 0 Å². The van der Waals surface area contributed by atoms with E-state index >= 15 is 0 Å². The quantitative estimate of drug-likeness (QED) is 0.846. The Hall–Kier alpha value is -1.54. The Labute approximate surface area is 127 Å². The van der Waals surface area contributed by atoms with Gasteiger partial charge in [0.2, 0.25) is 10.0 Å². The molecular weight excluding hydrogens is 317 g/mol. The Kier molecular flexibility index (Phi) is 4.27. The summed E-state index contributed by atoms with van der Waals surface area (Å²) in [6.45, 7) is 4.69. The fourth-order valence-corrected chi connectivity index (χ4v) is 2.96. The van der Waals surface area contributed by atoms with Gasteiger partial charge < -0.3 is 4.90 Å². The lowest BCUT2D eigenvalue weighted by molar-refractivity contribution is -0.137. The minimum Gasteiger partial charge on any atom is -0.367 e. The third kappa shape index (κ3) is 3.44. The van der Waals surface area contributed by atoms with E-state index in [1.807, 2.05) is 13.8 Å². The highest BCUT2D eigenvalue weighted by atomic mass is 32.2. The predicted octanol–water partition coefficient (Wildman–Crippen LogP) is 2.90. The van der Waals surface area contributed by atoms with Crippen molar-refractivity contribution in [3.8, 4) is 0 Å². The topological polar surface area (TPSA) is 63.4 Å². The van der Waals surface area contributed by atoms with Gasteiger partial charge in [0.25, 0.3) is 0 Å². The second-order valence-electron chi connectivity index (χ2n) is 5.45. The molecule has 0 saturated heterocycles. The molecule has 2 N–H and O–H groups in total. The molecule has 1 aromatic rings. The zero-order valence-corrected chi connectivity index (χ0v) is 13.1. The summed E-state index contributed by atoms with van der Waals surface area (Å²) >= 11 is 0. The van der Waals surface area contributed by atoms with Gasteiger partial charge >= 0.3 is 6.18 Å². The maximum absolute atomic E-state index is 13.3. The fraction of sp³-hybridized carbons (Fsp3) is 0.429. The monoisotopic (exact) mass is 334 g/mol. The molecule has 1 aliphatic heterocycles. The van der Waals surface area contributed by atoms with Gasteiger partial charge in [0, 0.05) is 18.8 Å². The van der Waals surface area contributed by atoms with Crippen molar-refractivity contribution < 1.29 is 21.6 Å². The van der Waals surface area contributed by atoms with Gasteiger partial charge in [0.15, 0.2) is 0 Å². The fourth-order valence-electron chi connectivity index (χ4n) is 2.42. The Morgan fingerprint density at radius 1 is 1.18 bits per heavy atom. The van der Waals surface area contributed by atoms with Gasteiger partial charge in [-0.05, 0) is 38.5 Å². The SMILES string of the molecule is CC1=C(C)CN(c2ccc(S(N)(=O)=O)cc2C(F)(F)F)CC1. The summed E-state index contributed by atoms with van der Waals surface area (Å²) in [5.41, 5.74) is 1.19. The third-order valence-corrected chi connectivity index (χ3v) is 4.77. The Bertz CT molecular complexity index is 724. The van der Waals surface area contributed by atoms with Gasteiger partial charge in [0.05, 0.1) is 10.5 Å². The molecule has 0 spiro atoms. The zero-order valence-electron chi connectivity index (χ0n) is 12.2. The van der Waals surface area contributed by atoms with Crippen molar-refractivity contribution in [1.29, 1.82) is 0 Å². The molecule has 4 nitrogen and oxygen atoms in total. The van der Waals surface area contributed by atoms with Crippen LogP contribution in [0.1, 0.15) is 25.8 Å². The van der Waals surface area contributed by atoms with Crippen molar-refractivity contribution >= 4 is 15.7 Å². The summed E-state index contributed by atoms with van der Waals surface area (Å²) in [7, 11) is -4.18. The minimum absolute atomic E-state index is 0.0215. The highest BCUT2D eigenvalue weighted by Crippen LogP contribution is 2.39.